The minimum absolute atomic E-state index is 0.0444. The van der Waals surface area contributed by atoms with Crippen LogP contribution in [0.2, 0.25) is 0 Å². The molecule has 0 atom stereocenters. The van der Waals surface area contributed by atoms with Gasteiger partial charge < -0.3 is 5.11 Å². The van der Waals surface area contributed by atoms with Gasteiger partial charge in [0.2, 0.25) is 0 Å². The second-order valence-corrected chi connectivity index (χ2v) is 4.34. The largest absolute Gasteiger partial charge is 0.507 e. The van der Waals surface area contributed by atoms with Crippen molar-refractivity contribution >= 4 is 17.1 Å². The number of pyridine rings is 1. The Hall–Kier alpha value is -2.42. The zero-order valence-electron chi connectivity index (χ0n) is 9.84. The van der Waals surface area contributed by atoms with E-state index < -0.39 is 0 Å². The topological polar surface area (TPSA) is 50.2 Å². The molecule has 0 saturated heterocycles. The van der Waals surface area contributed by atoms with E-state index in [0.717, 1.165) is 5.56 Å². The molecule has 18 heavy (non-hydrogen) atoms. The van der Waals surface area contributed by atoms with Crippen LogP contribution in [-0.2, 0) is 0 Å². The lowest BCUT2D eigenvalue weighted by atomic mass is 10.0. The van der Waals surface area contributed by atoms with Gasteiger partial charge in [-0.25, -0.2) is 0 Å². The molecule has 3 nitrogen and oxygen atoms in total. The van der Waals surface area contributed by atoms with Crippen LogP contribution in [0.15, 0.2) is 42.7 Å². The highest BCUT2D eigenvalue weighted by molar-refractivity contribution is 6.38. The average Bonchev–Trinajstić information content (AvgIpc) is 2.63. The third-order valence-electron chi connectivity index (χ3n) is 3.09. The van der Waals surface area contributed by atoms with Gasteiger partial charge in [0, 0.05) is 29.1 Å². The number of hydrogen-bond acceptors (Lipinski definition) is 3. The van der Waals surface area contributed by atoms with Gasteiger partial charge in [-0.2, -0.15) is 0 Å². The van der Waals surface area contributed by atoms with Crippen molar-refractivity contribution in [2.24, 2.45) is 0 Å². The van der Waals surface area contributed by atoms with E-state index in [1.165, 1.54) is 0 Å². The SMILES string of the molecule is Cc1ccc2c(c1)C(=O)C(c1cccnc1)=C2O. The fraction of sp³-hybridized carbons (Fsp3) is 0.0667. The Kier molecular flexibility index (Phi) is 2.27. The summed E-state index contributed by atoms with van der Waals surface area (Å²) in [7, 11) is 0. The first-order valence-electron chi connectivity index (χ1n) is 5.68. The van der Waals surface area contributed by atoms with Crippen molar-refractivity contribution in [3.05, 3.63) is 65.0 Å². The summed E-state index contributed by atoms with van der Waals surface area (Å²) in [5.74, 6) is -0.0952. The molecule has 0 radical (unpaired) electrons. The van der Waals surface area contributed by atoms with E-state index in [1.54, 1.807) is 36.7 Å². The predicted molar refractivity (Wildman–Crippen MR) is 69.2 cm³/mol. The van der Waals surface area contributed by atoms with Crippen molar-refractivity contribution in [2.75, 3.05) is 0 Å². The summed E-state index contributed by atoms with van der Waals surface area (Å²) < 4.78 is 0. The van der Waals surface area contributed by atoms with Gasteiger partial charge in [-0.3, -0.25) is 9.78 Å². The third-order valence-corrected chi connectivity index (χ3v) is 3.09. The summed E-state index contributed by atoms with van der Waals surface area (Å²) in [6.45, 7) is 1.92. The Balaban J connectivity index is 2.21. The first kappa shape index (κ1) is 10.7. The summed E-state index contributed by atoms with van der Waals surface area (Å²) in [6.07, 6.45) is 3.22. The molecule has 88 valence electrons. The van der Waals surface area contributed by atoms with Crippen LogP contribution >= 0.6 is 0 Å². The molecule has 0 saturated carbocycles. The Labute approximate surface area is 104 Å². The molecule has 0 fully saturated rings. The predicted octanol–water partition coefficient (Wildman–Crippen LogP) is 3.01. The lowest BCUT2D eigenvalue weighted by molar-refractivity contribution is 0.105. The number of ketones is 1. The standard InChI is InChI=1S/C15H11NO2/c1-9-4-5-11-12(7-9)15(18)13(14(11)17)10-3-2-6-16-8-10/h2-8,17H,1H3. The van der Waals surface area contributed by atoms with Crippen molar-refractivity contribution in [2.45, 2.75) is 6.92 Å². The number of allylic oxidation sites excluding steroid dienone is 1. The van der Waals surface area contributed by atoms with Crippen molar-refractivity contribution < 1.29 is 9.90 Å². The van der Waals surface area contributed by atoms with Crippen LogP contribution in [0.3, 0.4) is 0 Å². The minimum atomic E-state index is -0.140. The van der Waals surface area contributed by atoms with E-state index >= 15 is 0 Å². The molecule has 3 heteroatoms. The van der Waals surface area contributed by atoms with E-state index in [9.17, 15) is 9.90 Å². The van der Waals surface area contributed by atoms with Crippen LogP contribution in [0, 0.1) is 6.92 Å². The van der Waals surface area contributed by atoms with Crippen molar-refractivity contribution in [1.29, 1.82) is 0 Å². The molecule has 1 aromatic heterocycles. The van der Waals surface area contributed by atoms with Crippen LogP contribution < -0.4 is 0 Å². The summed E-state index contributed by atoms with van der Waals surface area (Å²) in [5.41, 5.74) is 3.15. The molecule has 0 amide bonds. The maximum atomic E-state index is 12.3. The maximum absolute atomic E-state index is 12.3. The second kappa shape index (κ2) is 3.81. The minimum Gasteiger partial charge on any atom is -0.507 e. The van der Waals surface area contributed by atoms with Gasteiger partial charge >= 0.3 is 0 Å². The Morgan fingerprint density at radius 2 is 2.00 bits per heavy atom. The molecule has 1 aliphatic rings. The van der Waals surface area contributed by atoms with Crippen LogP contribution in [-0.4, -0.2) is 15.9 Å². The van der Waals surface area contributed by atoms with Crippen molar-refractivity contribution in [1.82, 2.24) is 4.98 Å². The number of hydrogen-bond donors (Lipinski definition) is 1. The average molecular weight is 237 g/mol. The van der Waals surface area contributed by atoms with Gasteiger partial charge in [-0.1, -0.05) is 23.8 Å². The highest BCUT2D eigenvalue weighted by Gasteiger charge is 2.30. The van der Waals surface area contributed by atoms with Crippen LogP contribution in [0.1, 0.15) is 27.0 Å². The second-order valence-electron chi connectivity index (χ2n) is 4.34. The lowest BCUT2D eigenvalue weighted by Crippen LogP contribution is -1.99. The molecule has 0 bridgehead atoms. The highest BCUT2D eigenvalue weighted by Crippen LogP contribution is 2.36. The Morgan fingerprint density at radius 3 is 2.72 bits per heavy atom. The molecule has 2 aromatic rings. The fourth-order valence-electron chi connectivity index (χ4n) is 2.21. The van der Waals surface area contributed by atoms with Gasteiger partial charge in [0.25, 0.3) is 0 Å². The van der Waals surface area contributed by atoms with E-state index in [0.29, 0.717) is 22.3 Å². The number of benzene rings is 1. The molecular weight excluding hydrogens is 226 g/mol. The highest BCUT2D eigenvalue weighted by atomic mass is 16.3. The Bertz CT molecular complexity index is 672. The molecule has 0 spiro atoms. The number of aliphatic hydroxyl groups is 1. The normalized spacial score (nSPS) is 13.9. The number of aromatic nitrogens is 1. The lowest BCUT2D eigenvalue weighted by Gasteiger charge is -2.00. The molecule has 1 heterocycles. The molecule has 1 aliphatic carbocycles. The van der Waals surface area contributed by atoms with Gasteiger partial charge in [0.05, 0.1) is 5.57 Å². The first-order valence-corrected chi connectivity index (χ1v) is 5.68. The molecule has 0 unspecified atom stereocenters. The number of aryl methyl sites for hydroxylation is 1. The first-order chi connectivity index (χ1) is 8.68. The number of Topliss-reactive ketones (excluding diaryl/α,β-unsaturated/α-hetero) is 1. The van der Waals surface area contributed by atoms with Crippen molar-refractivity contribution in [3.63, 3.8) is 0 Å². The van der Waals surface area contributed by atoms with E-state index in [4.69, 9.17) is 0 Å². The zero-order chi connectivity index (χ0) is 12.7. The number of rotatable bonds is 1. The fourth-order valence-corrected chi connectivity index (χ4v) is 2.21. The number of nitrogens with zero attached hydrogens (tertiary/aromatic N) is 1. The van der Waals surface area contributed by atoms with Crippen molar-refractivity contribution in [3.8, 4) is 0 Å². The molecule has 1 N–H and O–H groups in total. The molecule has 3 rings (SSSR count). The smallest absolute Gasteiger partial charge is 0.198 e. The van der Waals surface area contributed by atoms with E-state index in [2.05, 4.69) is 4.98 Å². The van der Waals surface area contributed by atoms with Gasteiger partial charge in [0.15, 0.2) is 5.78 Å². The number of aliphatic hydroxyl groups excluding tert-OH is 1. The monoisotopic (exact) mass is 237 g/mol. The summed E-state index contributed by atoms with van der Waals surface area (Å²) >= 11 is 0. The zero-order valence-corrected chi connectivity index (χ0v) is 9.84. The third kappa shape index (κ3) is 1.44. The Morgan fingerprint density at radius 1 is 1.17 bits per heavy atom. The van der Waals surface area contributed by atoms with Crippen LogP contribution in [0.25, 0.3) is 11.3 Å². The van der Waals surface area contributed by atoms with Crippen LogP contribution in [0.5, 0.6) is 0 Å². The summed E-state index contributed by atoms with van der Waals surface area (Å²) in [4.78, 5) is 16.3. The maximum Gasteiger partial charge on any atom is 0.198 e. The number of carbonyl (C=O) groups is 1. The number of carbonyl (C=O) groups excluding carboxylic acids is 1. The van der Waals surface area contributed by atoms with Gasteiger partial charge in [0.1, 0.15) is 5.76 Å². The molecule has 1 aromatic carbocycles. The van der Waals surface area contributed by atoms with Gasteiger partial charge in [-0.15, -0.1) is 0 Å². The van der Waals surface area contributed by atoms with Crippen LogP contribution in [0.4, 0.5) is 0 Å². The van der Waals surface area contributed by atoms with Gasteiger partial charge in [-0.05, 0) is 19.1 Å². The summed E-state index contributed by atoms with van der Waals surface area (Å²) in [6, 6.07) is 8.99. The molecular formula is C15H11NO2. The van der Waals surface area contributed by atoms with E-state index in [-0.39, 0.29) is 11.5 Å². The summed E-state index contributed by atoms with van der Waals surface area (Å²) in [5, 5.41) is 10.2. The van der Waals surface area contributed by atoms with E-state index in [1.807, 2.05) is 13.0 Å². The molecule has 0 aliphatic heterocycles. The quantitative estimate of drug-likeness (QED) is 0.829. The number of fused-ring (bicyclic) bond motifs is 1.